The van der Waals surface area contributed by atoms with Gasteiger partial charge in [-0.2, -0.15) is 4.98 Å². The van der Waals surface area contributed by atoms with E-state index in [1.165, 1.54) is 17.4 Å². The minimum atomic E-state index is -0.270. The highest BCUT2D eigenvalue weighted by molar-refractivity contribution is 7.26. The Labute approximate surface area is 154 Å². The third-order valence-corrected chi connectivity index (χ3v) is 5.26. The van der Waals surface area contributed by atoms with E-state index in [4.69, 9.17) is 9.47 Å². The maximum Gasteiger partial charge on any atom is 0.235 e. The van der Waals surface area contributed by atoms with Crippen molar-refractivity contribution in [3.8, 4) is 11.6 Å². The van der Waals surface area contributed by atoms with Crippen molar-refractivity contribution in [2.75, 3.05) is 7.11 Å². The molecule has 26 heavy (non-hydrogen) atoms. The van der Waals surface area contributed by atoms with E-state index >= 15 is 0 Å². The summed E-state index contributed by atoms with van der Waals surface area (Å²) in [5.41, 5.74) is 1.59. The fourth-order valence-corrected chi connectivity index (χ4v) is 3.93. The monoisotopic (exact) mass is 368 g/mol. The lowest BCUT2D eigenvalue weighted by Gasteiger charge is -2.09. The first-order valence-electron chi connectivity index (χ1n) is 8.33. The molecule has 0 bridgehead atoms. The van der Waals surface area contributed by atoms with Crippen LogP contribution in [-0.4, -0.2) is 17.1 Å². The number of aryl methyl sites for hydroxylation is 1. The topological polar surface area (TPSA) is 44.2 Å². The van der Waals surface area contributed by atoms with Gasteiger partial charge in [-0.1, -0.05) is 25.1 Å². The second kappa shape index (κ2) is 6.88. The lowest BCUT2D eigenvalue weighted by molar-refractivity contribution is 0.296. The van der Waals surface area contributed by atoms with Crippen LogP contribution in [0.25, 0.3) is 20.3 Å². The average Bonchev–Trinajstić information content (AvgIpc) is 3.06. The van der Waals surface area contributed by atoms with E-state index < -0.39 is 0 Å². The summed E-state index contributed by atoms with van der Waals surface area (Å²) in [4.78, 5) is 9.07. The van der Waals surface area contributed by atoms with Crippen LogP contribution in [-0.2, 0) is 13.0 Å². The second-order valence-electron chi connectivity index (χ2n) is 5.83. The predicted molar refractivity (Wildman–Crippen MR) is 102 cm³/mol. The Balaban J connectivity index is 1.78. The summed E-state index contributed by atoms with van der Waals surface area (Å²) in [7, 11) is 1.63. The van der Waals surface area contributed by atoms with E-state index in [1.54, 1.807) is 13.2 Å². The minimum absolute atomic E-state index is 0.270. The molecule has 0 atom stereocenters. The highest BCUT2D eigenvalue weighted by Crippen LogP contribution is 2.38. The number of halogens is 1. The van der Waals surface area contributed by atoms with E-state index in [2.05, 4.69) is 9.97 Å². The molecule has 0 unspecified atom stereocenters. The van der Waals surface area contributed by atoms with E-state index in [0.29, 0.717) is 35.6 Å². The lowest BCUT2D eigenvalue weighted by Crippen LogP contribution is -2.01. The van der Waals surface area contributed by atoms with Gasteiger partial charge >= 0.3 is 0 Å². The molecule has 0 aliphatic carbocycles. The van der Waals surface area contributed by atoms with Crippen LogP contribution < -0.4 is 9.47 Å². The Morgan fingerprint density at radius 3 is 2.77 bits per heavy atom. The van der Waals surface area contributed by atoms with Gasteiger partial charge in [-0.15, -0.1) is 11.3 Å². The third kappa shape index (κ3) is 2.97. The highest BCUT2D eigenvalue weighted by Gasteiger charge is 2.17. The number of benzene rings is 2. The van der Waals surface area contributed by atoms with E-state index in [9.17, 15) is 4.39 Å². The maximum atomic E-state index is 14.3. The summed E-state index contributed by atoms with van der Waals surface area (Å²) in [6.45, 7) is 2.32. The fourth-order valence-electron chi connectivity index (χ4n) is 2.83. The van der Waals surface area contributed by atoms with Crippen molar-refractivity contribution < 1.29 is 13.9 Å². The summed E-state index contributed by atoms with van der Waals surface area (Å²) >= 11 is 1.45. The first kappa shape index (κ1) is 16.7. The number of ether oxygens (including phenoxy) is 2. The van der Waals surface area contributed by atoms with Gasteiger partial charge in [0.2, 0.25) is 5.88 Å². The summed E-state index contributed by atoms with van der Waals surface area (Å²) in [5, 5.41) is 0.538. The van der Waals surface area contributed by atoms with Crippen LogP contribution in [0.5, 0.6) is 11.6 Å². The van der Waals surface area contributed by atoms with Crippen molar-refractivity contribution >= 4 is 31.6 Å². The van der Waals surface area contributed by atoms with Crippen molar-refractivity contribution in [1.29, 1.82) is 0 Å². The first-order chi connectivity index (χ1) is 12.7. The molecule has 0 radical (unpaired) electrons. The fraction of sp³-hybridized carbons (Fsp3) is 0.200. The van der Waals surface area contributed by atoms with Crippen LogP contribution in [0.3, 0.4) is 0 Å². The first-order valence-corrected chi connectivity index (χ1v) is 9.14. The van der Waals surface area contributed by atoms with E-state index in [1.807, 2.05) is 37.3 Å². The quantitative estimate of drug-likeness (QED) is 0.490. The summed E-state index contributed by atoms with van der Waals surface area (Å²) in [6, 6.07) is 12.7. The molecular weight excluding hydrogens is 351 g/mol. The zero-order valence-electron chi connectivity index (χ0n) is 14.5. The standard InChI is InChI=1S/C20H17FN2O2S/c1-3-16-22-18-17-14(21)8-5-9-15(17)26-19(18)20(23-16)25-11-12-6-4-7-13(10-12)24-2/h4-10H,3,11H2,1-2H3. The van der Waals surface area contributed by atoms with E-state index in [0.717, 1.165) is 20.7 Å². The molecule has 2 aromatic carbocycles. The normalized spacial score (nSPS) is 11.2. The summed E-state index contributed by atoms with van der Waals surface area (Å²) < 4.78 is 27.2. The minimum Gasteiger partial charge on any atom is -0.497 e. The third-order valence-electron chi connectivity index (χ3n) is 4.13. The Morgan fingerprint density at radius 2 is 1.96 bits per heavy atom. The number of fused-ring (bicyclic) bond motifs is 3. The van der Waals surface area contributed by atoms with Crippen LogP contribution in [0.15, 0.2) is 42.5 Å². The zero-order valence-corrected chi connectivity index (χ0v) is 15.3. The summed E-state index contributed by atoms with van der Waals surface area (Å²) in [6.07, 6.45) is 0.650. The van der Waals surface area contributed by atoms with Crippen LogP contribution >= 0.6 is 11.3 Å². The van der Waals surface area contributed by atoms with Crippen molar-refractivity contribution in [3.05, 3.63) is 59.7 Å². The molecule has 6 heteroatoms. The van der Waals surface area contributed by atoms with Gasteiger partial charge in [-0.3, -0.25) is 0 Å². The highest BCUT2D eigenvalue weighted by atomic mass is 32.1. The molecule has 4 aromatic rings. The number of thiophene rings is 1. The van der Waals surface area contributed by atoms with Crippen molar-refractivity contribution in [2.24, 2.45) is 0 Å². The molecule has 2 aromatic heterocycles. The Morgan fingerprint density at radius 1 is 1.12 bits per heavy atom. The molecule has 132 valence electrons. The van der Waals surface area contributed by atoms with Crippen molar-refractivity contribution in [2.45, 2.75) is 20.0 Å². The van der Waals surface area contributed by atoms with Gasteiger partial charge in [0.05, 0.1) is 18.0 Å². The van der Waals surface area contributed by atoms with Gasteiger partial charge in [0.15, 0.2) is 0 Å². The zero-order chi connectivity index (χ0) is 18.1. The lowest BCUT2D eigenvalue weighted by atomic mass is 10.2. The Hall–Kier alpha value is -2.73. The molecule has 0 saturated carbocycles. The maximum absolute atomic E-state index is 14.3. The number of nitrogens with zero attached hydrogens (tertiary/aromatic N) is 2. The molecule has 0 fully saturated rings. The molecule has 4 rings (SSSR count). The van der Waals surface area contributed by atoms with Crippen LogP contribution in [0.1, 0.15) is 18.3 Å². The van der Waals surface area contributed by atoms with Gasteiger partial charge < -0.3 is 9.47 Å². The van der Waals surface area contributed by atoms with Crippen LogP contribution in [0.2, 0.25) is 0 Å². The number of methoxy groups -OCH3 is 1. The average molecular weight is 368 g/mol. The van der Waals surface area contributed by atoms with Gasteiger partial charge in [-0.25, -0.2) is 9.37 Å². The number of hydrogen-bond acceptors (Lipinski definition) is 5. The summed E-state index contributed by atoms with van der Waals surface area (Å²) in [5.74, 6) is 1.64. The number of rotatable bonds is 5. The van der Waals surface area contributed by atoms with Gasteiger partial charge in [-0.05, 0) is 29.8 Å². The molecule has 0 N–H and O–H groups in total. The molecule has 0 saturated heterocycles. The van der Waals surface area contributed by atoms with Crippen LogP contribution in [0, 0.1) is 5.82 Å². The molecule has 0 amide bonds. The van der Waals surface area contributed by atoms with Gasteiger partial charge in [0.1, 0.15) is 28.7 Å². The van der Waals surface area contributed by atoms with Crippen molar-refractivity contribution in [3.63, 3.8) is 0 Å². The molecule has 4 nitrogen and oxygen atoms in total. The Kier molecular flexibility index (Phi) is 4.42. The second-order valence-corrected chi connectivity index (χ2v) is 6.88. The SMILES string of the molecule is CCc1nc(OCc2cccc(OC)c2)c2sc3cccc(F)c3c2n1. The molecular formula is C20H17FN2O2S. The number of hydrogen-bond donors (Lipinski definition) is 0. The number of aromatic nitrogens is 2. The van der Waals surface area contributed by atoms with E-state index in [-0.39, 0.29) is 5.82 Å². The van der Waals surface area contributed by atoms with Crippen LogP contribution in [0.4, 0.5) is 4.39 Å². The molecule has 2 heterocycles. The molecule has 0 aliphatic rings. The smallest absolute Gasteiger partial charge is 0.235 e. The predicted octanol–water partition coefficient (Wildman–Crippen LogP) is 5.13. The Bertz CT molecular complexity index is 1090. The van der Waals surface area contributed by atoms with Gasteiger partial charge in [0, 0.05) is 11.1 Å². The van der Waals surface area contributed by atoms with Crippen molar-refractivity contribution in [1.82, 2.24) is 9.97 Å². The van der Waals surface area contributed by atoms with Gasteiger partial charge in [0.25, 0.3) is 0 Å². The largest absolute Gasteiger partial charge is 0.497 e. The molecule has 0 aliphatic heterocycles. The molecule has 0 spiro atoms.